The van der Waals surface area contributed by atoms with Gasteiger partial charge in [0, 0.05) is 31.4 Å². The van der Waals surface area contributed by atoms with Crippen LogP contribution in [0, 0.1) is 12.8 Å². The lowest BCUT2D eigenvalue weighted by Gasteiger charge is -2.31. The number of furan rings is 1. The van der Waals surface area contributed by atoms with E-state index in [1.54, 1.807) is 23.0 Å². The summed E-state index contributed by atoms with van der Waals surface area (Å²) in [6.07, 6.45) is 4.39. The van der Waals surface area contributed by atoms with Crippen molar-refractivity contribution >= 4 is 5.91 Å². The average molecular weight is 357 g/mol. The third kappa shape index (κ3) is 4.85. The maximum absolute atomic E-state index is 12.5. The van der Waals surface area contributed by atoms with E-state index in [1.165, 1.54) is 0 Å². The number of nitrogens with zero attached hydrogens (tertiary/aromatic N) is 2. The molecular weight excluding hydrogens is 330 g/mol. The topological polar surface area (TPSA) is 67.5 Å². The third-order valence-corrected chi connectivity index (χ3v) is 4.96. The van der Waals surface area contributed by atoms with Crippen molar-refractivity contribution in [1.82, 2.24) is 14.8 Å². The minimum absolute atomic E-state index is 0.0113. The predicted molar refractivity (Wildman–Crippen MR) is 99.8 cm³/mol. The molecule has 26 heavy (non-hydrogen) atoms. The minimum atomic E-state index is 0.0113. The van der Waals surface area contributed by atoms with Gasteiger partial charge in [0.05, 0.1) is 18.7 Å². The molecule has 1 fully saturated rings. The summed E-state index contributed by atoms with van der Waals surface area (Å²) in [5.41, 5.74) is 0.960. The molecule has 2 aromatic rings. The van der Waals surface area contributed by atoms with Gasteiger partial charge in [-0.25, -0.2) is 0 Å². The number of rotatable bonds is 7. The average Bonchev–Trinajstić information content (AvgIpc) is 3.13. The molecule has 3 rings (SSSR count). The van der Waals surface area contributed by atoms with Gasteiger partial charge in [-0.2, -0.15) is 0 Å². The van der Waals surface area contributed by atoms with Crippen LogP contribution in [-0.4, -0.2) is 35.0 Å². The second kappa shape index (κ2) is 8.85. The van der Waals surface area contributed by atoms with Crippen LogP contribution < -0.4 is 10.9 Å². The molecule has 0 unspecified atom stereocenters. The molecule has 0 aromatic carbocycles. The second-order valence-electron chi connectivity index (χ2n) is 6.96. The maximum atomic E-state index is 12.5. The summed E-state index contributed by atoms with van der Waals surface area (Å²) in [6.45, 7) is 5.67. The number of amides is 1. The summed E-state index contributed by atoms with van der Waals surface area (Å²) >= 11 is 0. The molecule has 2 aromatic heterocycles. The van der Waals surface area contributed by atoms with Gasteiger partial charge in [0.2, 0.25) is 5.91 Å². The van der Waals surface area contributed by atoms with Gasteiger partial charge >= 0.3 is 0 Å². The number of pyridine rings is 1. The van der Waals surface area contributed by atoms with Crippen molar-refractivity contribution in [2.75, 3.05) is 19.6 Å². The summed E-state index contributed by atoms with van der Waals surface area (Å²) in [7, 11) is 0. The van der Waals surface area contributed by atoms with Gasteiger partial charge in [-0.3, -0.25) is 14.5 Å². The summed E-state index contributed by atoms with van der Waals surface area (Å²) < 4.78 is 7.15. The van der Waals surface area contributed by atoms with Crippen LogP contribution in [0.4, 0.5) is 0 Å². The molecule has 3 heterocycles. The summed E-state index contributed by atoms with van der Waals surface area (Å²) in [6, 6.07) is 9.13. The van der Waals surface area contributed by atoms with Gasteiger partial charge < -0.3 is 14.3 Å². The van der Waals surface area contributed by atoms with Crippen LogP contribution in [-0.2, 0) is 17.9 Å². The Labute approximate surface area is 153 Å². The van der Waals surface area contributed by atoms with E-state index in [1.807, 2.05) is 25.1 Å². The molecule has 0 spiro atoms. The number of piperidine rings is 1. The van der Waals surface area contributed by atoms with E-state index in [0.29, 0.717) is 13.1 Å². The fourth-order valence-electron chi connectivity index (χ4n) is 3.54. The van der Waals surface area contributed by atoms with Gasteiger partial charge in [-0.1, -0.05) is 6.07 Å². The minimum Gasteiger partial charge on any atom is -0.468 e. The molecule has 6 heteroatoms. The molecule has 6 nitrogen and oxygen atoms in total. The zero-order valence-corrected chi connectivity index (χ0v) is 15.3. The maximum Gasteiger partial charge on any atom is 0.250 e. The van der Waals surface area contributed by atoms with E-state index < -0.39 is 0 Å². The number of nitrogens with one attached hydrogen (secondary N) is 1. The van der Waals surface area contributed by atoms with Crippen LogP contribution in [0.3, 0.4) is 0 Å². The monoisotopic (exact) mass is 357 g/mol. The highest BCUT2D eigenvalue weighted by molar-refractivity contribution is 5.78. The van der Waals surface area contributed by atoms with Crippen molar-refractivity contribution < 1.29 is 9.21 Å². The summed E-state index contributed by atoms with van der Waals surface area (Å²) in [5.74, 6) is 1.08. The van der Waals surface area contributed by atoms with Crippen molar-refractivity contribution in [3.05, 3.63) is 58.4 Å². The van der Waals surface area contributed by atoms with Crippen molar-refractivity contribution in [3.8, 4) is 0 Å². The predicted octanol–water partition coefficient (Wildman–Crippen LogP) is 2.17. The Kier molecular flexibility index (Phi) is 6.28. The van der Waals surface area contributed by atoms with E-state index in [2.05, 4.69) is 10.2 Å². The van der Waals surface area contributed by atoms with Gasteiger partial charge in [-0.15, -0.1) is 0 Å². The molecule has 0 bridgehead atoms. The molecule has 1 aliphatic heterocycles. The number of carbonyl (C=O) groups excluding carboxylic acids is 1. The van der Waals surface area contributed by atoms with E-state index in [4.69, 9.17) is 4.42 Å². The molecule has 0 aliphatic carbocycles. The van der Waals surface area contributed by atoms with Crippen LogP contribution >= 0.6 is 0 Å². The first-order chi connectivity index (χ1) is 12.6. The Hall–Kier alpha value is -2.34. The number of aryl methyl sites for hydroxylation is 1. The Bertz CT molecular complexity index is 767. The van der Waals surface area contributed by atoms with E-state index >= 15 is 0 Å². The third-order valence-electron chi connectivity index (χ3n) is 4.96. The van der Waals surface area contributed by atoms with Gasteiger partial charge in [-0.05, 0) is 50.9 Å². The molecular formula is C20H27N3O3. The largest absolute Gasteiger partial charge is 0.468 e. The van der Waals surface area contributed by atoms with Crippen molar-refractivity contribution in [2.45, 2.75) is 39.3 Å². The highest BCUT2D eigenvalue weighted by Gasteiger charge is 2.25. The molecule has 140 valence electrons. The molecule has 1 N–H and O–H groups in total. The van der Waals surface area contributed by atoms with E-state index in [-0.39, 0.29) is 17.4 Å². The lowest BCUT2D eigenvalue weighted by molar-refractivity contribution is -0.126. The van der Waals surface area contributed by atoms with Crippen LogP contribution in [0.5, 0.6) is 0 Å². The molecule has 0 radical (unpaired) electrons. The number of likely N-dealkylation sites (tertiary alicyclic amines) is 1. The van der Waals surface area contributed by atoms with Crippen LogP contribution in [0.15, 0.2) is 45.8 Å². The lowest BCUT2D eigenvalue weighted by atomic mass is 9.97. The molecule has 1 saturated heterocycles. The number of hydrogen-bond acceptors (Lipinski definition) is 4. The van der Waals surface area contributed by atoms with Gasteiger partial charge in [0.1, 0.15) is 5.76 Å². The van der Waals surface area contributed by atoms with Crippen molar-refractivity contribution in [2.24, 2.45) is 5.92 Å². The number of aromatic nitrogens is 1. The normalized spacial score (nSPS) is 18.0. The van der Waals surface area contributed by atoms with Gasteiger partial charge in [0.15, 0.2) is 0 Å². The first-order valence-corrected chi connectivity index (χ1v) is 9.32. The van der Waals surface area contributed by atoms with Gasteiger partial charge in [0.25, 0.3) is 5.56 Å². The smallest absolute Gasteiger partial charge is 0.250 e. The number of carbonyl (C=O) groups is 1. The molecule has 1 atom stereocenters. The highest BCUT2D eigenvalue weighted by Crippen LogP contribution is 2.19. The SMILES string of the molecule is Cc1cccc(=O)n1CCCNC(=O)[C@H]1CCCN(Cc2ccco2)C1. The van der Waals surface area contributed by atoms with E-state index in [0.717, 1.165) is 50.4 Å². The summed E-state index contributed by atoms with van der Waals surface area (Å²) in [4.78, 5) is 26.6. The second-order valence-corrected chi connectivity index (χ2v) is 6.96. The summed E-state index contributed by atoms with van der Waals surface area (Å²) in [5, 5.41) is 3.04. The molecule has 1 amide bonds. The Morgan fingerprint density at radius 3 is 2.96 bits per heavy atom. The Balaban J connectivity index is 1.42. The molecule has 0 saturated carbocycles. The quantitative estimate of drug-likeness (QED) is 0.771. The Morgan fingerprint density at radius 1 is 1.31 bits per heavy atom. The fraction of sp³-hybridized carbons (Fsp3) is 0.500. The van der Waals surface area contributed by atoms with Crippen molar-refractivity contribution in [1.29, 1.82) is 0 Å². The zero-order chi connectivity index (χ0) is 18.4. The van der Waals surface area contributed by atoms with E-state index in [9.17, 15) is 9.59 Å². The number of hydrogen-bond donors (Lipinski definition) is 1. The van der Waals surface area contributed by atoms with Crippen LogP contribution in [0.25, 0.3) is 0 Å². The molecule has 1 aliphatic rings. The standard InChI is InChI=1S/C20H27N3O3/c1-16-6-2-9-19(24)23(16)12-5-10-21-20(25)17-7-3-11-22(14-17)15-18-8-4-13-26-18/h2,4,6,8-9,13,17H,3,5,7,10-12,14-15H2,1H3,(H,21,25)/t17-/m0/s1. The van der Waals surface area contributed by atoms with Crippen LogP contribution in [0.1, 0.15) is 30.7 Å². The Morgan fingerprint density at radius 2 is 2.19 bits per heavy atom. The first kappa shape index (κ1) is 18.5. The highest BCUT2D eigenvalue weighted by atomic mass is 16.3. The zero-order valence-electron chi connectivity index (χ0n) is 15.3. The van der Waals surface area contributed by atoms with Crippen molar-refractivity contribution in [3.63, 3.8) is 0 Å². The first-order valence-electron chi connectivity index (χ1n) is 9.32. The lowest BCUT2D eigenvalue weighted by Crippen LogP contribution is -2.43. The fourth-order valence-corrected chi connectivity index (χ4v) is 3.54. The van der Waals surface area contributed by atoms with Crippen LogP contribution in [0.2, 0.25) is 0 Å².